The number of H-pyrrole nitrogens is 1. The molecular formula is C8H14N4O2. The highest BCUT2D eigenvalue weighted by Crippen LogP contribution is 1.96. The van der Waals surface area contributed by atoms with Crippen LogP contribution >= 0.6 is 0 Å². The molecule has 14 heavy (non-hydrogen) atoms. The summed E-state index contributed by atoms with van der Waals surface area (Å²) in [5.74, 6) is 0.449. The molecule has 1 aromatic heterocycles. The maximum atomic E-state index is 10.9. The van der Waals surface area contributed by atoms with E-state index in [2.05, 4.69) is 15.3 Å². The number of hydrogen-bond acceptors (Lipinski definition) is 5. The smallest absolute Gasteiger partial charge is 0.252 e. The summed E-state index contributed by atoms with van der Waals surface area (Å²) < 4.78 is 0. The number of aliphatic hydroxyl groups excluding tert-OH is 1. The average Bonchev–Trinajstić information content (AvgIpc) is 2.14. The van der Waals surface area contributed by atoms with Crippen LogP contribution in [0.1, 0.15) is 6.92 Å². The molecule has 6 nitrogen and oxygen atoms in total. The summed E-state index contributed by atoms with van der Waals surface area (Å²) in [6.45, 7) is 1.98. The highest BCUT2D eigenvalue weighted by Gasteiger charge is 2.08. The maximum Gasteiger partial charge on any atom is 0.252 e. The molecule has 0 amide bonds. The van der Waals surface area contributed by atoms with Gasteiger partial charge in [-0.3, -0.25) is 4.79 Å². The standard InChI is InChI=1S/C8H14N4O2/c1-5(13)6(9)3-10-7-2-8(14)12-4-11-7/h2,4-6,13H,3,9H2,1H3,(H2,10,11,12,14). The molecule has 0 aliphatic rings. The van der Waals surface area contributed by atoms with Crippen molar-refractivity contribution in [2.75, 3.05) is 11.9 Å². The van der Waals surface area contributed by atoms with Crippen molar-refractivity contribution in [1.82, 2.24) is 9.97 Å². The lowest BCUT2D eigenvalue weighted by molar-refractivity contribution is 0.168. The van der Waals surface area contributed by atoms with Gasteiger partial charge in [-0.15, -0.1) is 0 Å². The number of nitrogens with two attached hydrogens (primary N) is 1. The third-order valence-corrected chi connectivity index (χ3v) is 1.82. The lowest BCUT2D eigenvalue weighted by Gasteiger charge is -2.15. The molecule has 0 aliphatic carbocycles. The molecule has 0 saturated carbocycles. The molecule has 0 radical (unpaired) electrons. The molecule has 2 atom stereocenters. The van der Waals surface area contributed by atoms with Crippen molar-refractivity contribution in [3.8, 4) is 0 Å². The Morgan fingerprint density at radius 1 is 1.79 bits per heavy atom. The Balaban J connectivity index is 2.50. The van der Waals surface area contributed by atoms with Gasteiger partial charge in [-0.05, 0) is 6.92 Å². The number of nitrogens with zero attached hydrogens (tertiary/aromatic N) is 1. The van der Waals surface area contributed by atoms with Crippen molar-refractivity contribution in [2.45, 2.75) is 19.1 Å². The fourth-order valence-electron chi connectivity index (χ4n) is 0.858. The first-order chi connectivity index (χ1) is 6.59. The Labute approximate surface area is 81.2 Å². The van der Waals surface area contributed by atoms with E-state index >= 15 is 0 Å². The third-order valence-electron chi connectivity index (χ3n) is 1.82. The highest BCUT2D eigenvalue weighted by atomic mass is 16.3. The fourth-order valence-corrected chi connectivity index (χ4v) is 0.858. The van der Waals surface area contributed by atoms with Gasteiger partial charge in [0.2, 0.25) is 0 Å². The quantitative estimate of drug-likeness (QED) is 0.491. The van der Waals surface area contributed by atoms with Crippen LogP contribution in [0.3, 0.4) is 0 Å². The van der Waals surface area contributed by atoms with Crippen LogP contribution in [-0.2, 0) is 0 Å². The Morgan fingerprint density at radius 3 is 3.07 bits per heavy atom. The van der Waals surface area contributed by atoms with E-state index in [1.807, 2.05) is 0 Å². The van der Waals surface area contributed by atoms with Crippen LogP contribution in [0.5, 0.6) is 0 Å². The van der Waals surface area contributed by atoms with E-state index < -0.39 is 6.10 Å². The molecule has 1 rings (SSSR count). The van der Waals surface area contributed by atoms with Crippen LogP contribution in [0.15, 0.2) is 17.2 Å². The minimum absolute atomic E-state index is 0.229. The molecule has 0 spiro atoms. The number of aromatic amines is 1. The molecule has 0 fully saturated rings. The maximum absolute atomic E-state index is 10.9. The molecule has 0 bridgehead atoms. The molecule has 2 unspecified atom stereocenters. The van der Waals surface area contributed by atoms with Gasteiger partial charge in [0, 0.05) is 18.7 Å². The van der Waals surface area contributed by atoms with Gasteiger partial charge in [0.25, 0.3) is 5.56 Å². The van der Waals surface area contributed by atoms with Crippen molar-refractivity contribution in [3.63, 3.8) is 0 Å². The lowest BCUT2D eigenvalue weighted by atomic mass is 10.2. The van der Waals surface area contributed by atoms with E-state index in [0.29, 0.717) is 12.4 Å². The van der Waals surface area contributed by atoms with Gasteiger partial charge in [-0.25, -0.2) is 4.98 Å². The van der Waals surface area contributed by atoms with Crippen molar-refractivity contribution < 1.29 is 5.11 Å². The minimum Gasteiger partial charge on any atom is -0.392 e. The van der Waals surface area contributed by atoms with Gasteiger partial charge in [-0.1, -0.05) is 0 Å². The second kappa shape index (κ2) is 4.73. The SMILES string of the molecule is CC(O)C(N)CNc1cc(=O)[nH]cn1. The summed E-state index contributed by atoms with van der Waals surface area (Å²) in [5, 5.41) is 12.0. The largest absolute Gasteiger partial charge is 0.392 e. The Kier molecular flexibility index (Phi) is 3.61. The molecule has 0 aromatic carbocycles. The summed E-state index contributed by atoms with van der Waals surface area (Å²) in [5.41, 5.74) is 5.35. The monoisotopic (exact) mass is 198 g/mol. The predicted molar refractivity (Wildman–Crippen MR) is 53.0 cm³/mol. The van der Waals surface area contributed by atoms with Gasteiger partial charge >= 0.3 is 0 Å². The normalized spacial score (nSPS) is 14.8. The minimum atomic E-state index is -0.593. The van der Waals surface area contributed by atoms with Crippen LogP contribution in [0.2, 0.25) is 0 Å². The number of anilines is 1. The zero-order valence-corrected chi connectivity index (χ0v) is 7.90. The van der Waals surface area contributed by atoms with E-state index in [-0.39, 0.29) is 11.6 Å². The number of rotatable bonds is 4. The van der Waals surface area contributed by atoms with Gasteiger partial charge in [0.05, 0.1) is 12.4 Å². The zero-order chi connectivity index (χ0) is 10.6. The average molecular weight is 198 g/mol. The van der Waals surface area contributed by atoms with Crippen LogP contribution in [0.4, 0.5) is 5.82 Å². The van der Waals surface area contributed by atoms with Crippen molar-refractivity contribution in [3.05, 3.63) is 22.7 Å². The first-order valence-corrected chi connectivity index (χ1v) is 4.32. The van der Waals surface area contributed by atoms with Crippen LogP contribution in [0, 0.1) is 0 Å². The number of nitrogens with one attached hydrogen (secondary N) is 2. The van der Waals surface area contributed by atoms with Crippen LogP contribution < -0.4 is 16.6 Å². The van der Waals surface area contributed by atoms with Crippen LogP contribution in [0.25, 0.3) is 0 Å². The molecule has 1 aromatic rings. The molecule has 6 heteroatoms. The van der Waals surface area contributed by atoms with E-state index in [4.69, 9.17) is 10.8 Å². The van der Waals surface area contributed by atoms with Crippen molar-refractivity contribution >= 4 is 5.82 Å². The second-order valence-corrected chi connectivity index (χ2v) is 3.08. The highest BCUT2D eigenvalue weighted by molar-refractivity contribution is 5.31. The van der Waals surface area contributed by atoms with Crippen LogP contribution in [-0.4, -0.2) is 33.8 Å². The van der Waals surface area contributed by atoms with Crippen molar-refractivity contribution in [1.29, 1.82) is 0 Å². The Bertz CT molecular complexity index is 336. The Hall–Kier alpha value is -1.40. The van der Waals surface area contributed by atoms with E-state index in [0.717, 1.165) is 0 Å². The van der Waals surface area contributed by atoms with Gasteiger partial charge in [0.15, 0.2) is 0 Å². The number of aromatic nitrogens is 2. The molecule has 1 heterocycles. The number of hydrogen-bond donors (Lipinski definition) is 4. The predicted octanol–water partition coefficient (Wildman–Crippen LogP) is -1.11. The summed E-state index contributed by atoms with van der Waals surface area (Å²) in [6.07, 6.45) is 0.711. The molecular weight excluding hydrogens is 184 g/mol. The fraction of sp³-hybridized carbons (Fsp3) is 0.500. The summed E-state index contributed by atoms with van der Waals surface area (Å²) >= 11 is 0. The number of aliphatic hydroxyl groups is 1. The molecule has 0 saturated heterocycles. The topological polar surface area (TPSA) is 104 Å². The Morgan fingerprint density at radius 2 is 2.50 bits per heavy atom. The van der Waals surface area contributed by atoms with E-state index in [1.165, 1.54) is 12.4 Å². The molecule has 5 N–H and O–H groups in total. The first-order valence-electron chi connectivity index (χ1n) is 4.32. The van der Waals surface area contributed by atoms with Gasteiger partial charge < -0.3 is 21.1 Å². The third kappa shape index (κ3) is 3.15. The second-order valence-electron chi connectivity index (χ2n) is 3.08. The summed E-state index contributed by atoms with van der Waals surface area (Å²) in [4.78, 5) is 17.1. The van der Waals surface area contributed by atoms with E-state index in [1.54, 1.807) is 6.92 Å². The van der Waals surface area contributed by atoms with Gasteiger partial charge in [-0.2, -0.15) is 0 Å². The molecule has 0 aliphatic heterocycles. The molecule has 78 valence electrons. The summed E-state index contributed by atoms with van der Waals surface area (Å²) in [7, 11) is 0. The lowest BCUT2D eigenvalue weighted by Crippen LogP contribution is -2.38. The van der Waals surface area contributed by atoms with E-state index in [9.17, 15) is 4.79 Å². The van der Waals surface area contributed by atoms with Crippen molar-refractivity contribution in [2.24, 2.45) is 5.73 Å². The van der Waals surface area contributed by atoms with Gasteiger partial charge in [0.1, 0.15) is 5.82 Å². The zero-order valence-electron chi connectivity index (χ0n) is 7.90. The summed E-state index contributed by atoms with van der Waals surface area (Å²) in [6, 6.07) is 0.950. The first kappa shape index (κ1) is 10.7.